The second-order valence-corrected chi connectivity index (χ2v) is 9.87. The molecule has 1 aliphatic rings. The molecule has 0 aliphatic carbocycles. The van der Waals surface area contributed by atoms with Crippen molar-refractivity contribution in [3.63, 3.8) is 0 Å². The number of fused-ring (bicyclic) bond motifs is 2. The molecule has 38 heavy (non-hydrogen) atoms. The Hall–Kier alpha value is -4.58. The van der Waals surface area contributed by atoms with Crippen LogP contribution in [-0.4, -0.2) is 20.6 Å². The average Bonchev–Trinajstić information content (AvgIpc) is 3.44. The van der Waals surface area contributed by atoms with Crippen LogP contribution in [0.2, 0.25) is 0 Å². The van der Waals surface area contributed by atoms with E-state index in [1.165, 1.54) is 0 Å². The van der Waals surface area contributed by atoms with Gasteiger partial charge < -0.3 is 19.9 Å². The minimum absolute atomic E-state index is 0.307. The van der Waals surface area contributed by atoms with Crippen molar-refractivity contribution < 1.29 is 9.90 Å². The number of aryl methyl sites for hydroxylation is 1. The Labute approximate surface area is 222 Å². The number of imidazole rings is 1. The van der Waals surface area contributed by atoms with Crippen LogP contribution in [0.5, 0.6) is 0 Å². The van der Waals surface area contributed by atoms with Crippen LogP contribution >= 0.6 is 0 Å². The van der Waals surface area contributed by atoms with E-state index in [1.807, 2.05) is 30.3 Å². The van der Waals surface area contributed by atoms with Gasteiger partial charge in [0.25, 0.3) is 0 Å². The summed E-state index contributed by atoms with van der Waals surface area (Å²) in [6.45, 7) is 2.88. The Kier molecular flexibility index (Phi) is 5.87. The summed E-state index contributed by atoms with van der Waals surface area (Å²) < 4.78 is 2.21. The van der Waals surface area contributed by atoms with E-state index in [1.54, 1.807) is 12.1 Å². The van der Waals surface area contributed by atoms with Gasteiger partial charge in [0.15, 0.2) is 11.5 Å². The van der Waals surface area contributed by atoms with Gasteiger partial charge in [0.2, 0.25) is 0 Å². The molecule has 2 N–H and O–H groups in total. The van der Waals surface area contributed by atoms with Crippen molar-refractivity contribution in [1.82, 2.24) is 9.55 Å². The number of nitrogens with zero attached hydrogens (tertiary/aromatic N) is 3. The van der Waals surface area contributed by atoms with E-state index in [4.69, 9.17) is 4.98 Å². The molecule has 190 valence electrons. The molecule has 0 spiro atoms. The molecule has 0 radical (unpaired) electrons. The van der Waals surface area contributed by atoms with Gasteiger partial charge >= 0.3 is 5.97 Å². The van der Waals surface area contributed by atoms with E-state index in [0.29, 0.717) is 12.1 Å². The molecule has 0 fully saturated rings. The predicted molar refractivity (Wildman–Crippen MR) is 152 cm³/mol. The first kappa shape index (κ1) is 23.8. The number of carboxylic acids is 1. The number of anilines is 2. The maximum atomic E-state index is 11.7. The molecule has 6 heteroatoms. The Balaban J connectivity index is 1.43. The van der Waals surface area contributed by atoms with E-state index in [0.717, 1.165) is 57.8 Å². The first-order chi connectivity index (χ1) is 18.5. The zero-order valence-corrected chi connectivity index (χ0v) is 21.6. The lowest BCUT2D eigenvalue weighted by atomic mass is 9.97. The largest absolute Gasteiger partial charge is 0.478 e. The molecule has 4 aromatic carbocycles. The van der Waals surface area contributed by atoms with Crippen LogP contribution in [0.25, 0.3) is 22.2 Å². The van der Waals surface area contributed by atoms with E-state index in [9.17, 15) is 9.90 Å². The lowest BCUT2D eigenvalue weighted by Gasteiger charge is -2.39. The van der Waals surface area contributed by atoms with E-state index < -0.39 is 11.6 Å². The molecule has 0 amide bonds. The molecule has 1 aliphatic heterocycles. The summed E-state index contributed by atoms with van der Waals surface area (Å²) >= 11 is 0. The molecule has 1 atom stereocenters. The van der Waals surface area contributed by atoms with Gasteiger partial charge in [-0.3, -0.25) is 0 Å². The van der Waals surface area contributed by atoms with Crippen LogP contribution in [0.15, 0.2) is 97.1 Å². The Morgan fingerprint density at radius 1 is 0.921 bits per heavy atom. The fourth-order valence-corrected chi connectivity index (χ4v) is 5.79. The molecule has 1 aromatic heterocycles. The normalized spacial score (nSPS) is 16.4. The Morgan fingerprint density at radius 3 is 2.39 bits per heavy atom. The number of carbonyl (C=O) groups is 1. The first-order valence-electron chi connectivity index (χ1n) is 13.0. The summed E-state index contributed by atoms with van der Waals surface area (Å²) in [6.07, 6.45) is 1.86. The molecule has 6 rings (SSSR count). The van der Waals surface area contributed by atoms with Gasteiger partial charge in [0, 0.05) is 13.6 Å². The van der Waals surface area contributed by atoms with Crippen LogP contribution in [0, 0.1) is 0 Å². The molecular formula is C32H30N4O2. The topological polar surface area (TPSA) is 70.4 Å². The number of aromatic carboxylic acids is 1. The smallest absolute Gasteiger partial charge is 0.336 e. The standard InChI is InChI=1S/C32H30N4O2/c1-3-20-32(31-33-26-12-6-8-14-28(26)35(31)2)34-27-13-7-9-15-29(27)36(32)21-22-16-18-23(19-17-22)24-10-4-5-11-25(24)30(37)38/h4-19,34H,3,20-21H2,1-2H3,(H,37,38). The van der Waals surface area contributed by atoms with E-state index in [-0.39, 0.29) is 0 Å². The number of para-hydroxylation sites is 4. The van der Waals surface area contributed by atoms with Crippen molar-refractivity contribution >= 4 is 28.4 Å². The quantitative estimate of drug-likeness (QED) is 0.250. The van der Waals surface area contributed by atoms with Gasteiger partial charge in [-0.2, -0.15) is 0 Å². The Morgan fingerprint density at radius 2 is 1.63 bits per heavy atom. The van der Waals surface area contributed by atoms with Gasteiger partial charge in [0.1, 0.15) is 0 Å². The third kappa shape index (κ3) is 3.80. The SMILES string of the molecule is CCCC1(c2nc3ccccc3n2C)Nc2ccccc2N1Cc1ccc(-c2ccccc2C(=O)O)cc1. The third-order valence-corrected chi connectivity index (χ3v) is 7.53. The molecule has 0 saturated heterocycles. The highest BCUT2D eigenvalue weighted by Crippen LogP contribution is 2.48. The molecular weight excluding hydrogens is 472 g/mol. The highest BCUT2D eigenvalue weighted by atomic mass is 16.4. The summed E-state index contributed by atoms with van der Waals surface area (Å²) in [7, 11) is 2.10. The second kappa shape index (κ2) is 9.38. The number of rotatable bonds is 7. The van der Waals surface area contributed by atoms with Gasteiger partial charge in [-0.05, 0) is 53.4 Å². The second-order valence-electron chi connectivity index (χ2n) is 9.87. The molecule has 6 nitrogen and oxygen atoms in total. The molecule has 0 bridgehead atoms. The molecule has 5 aromatic rings. The fourth-order valence-electron chi connectivity index (χ4n) is 5.79. The lowest BCUT2D eigenvalue weighted by Crippen LogP contribution is -2.49. The Bertz CT molecular complexity index is 1640. The minimum atomic E-state index is -0.920. The predicted octanol–water partition coefficient (Wildman–Crippen LogP) is 7.02. The molecule has 0 saturated carbocycles. The summed E-state index contributed by atoms with van der Waals surface area (Å²) in [5, 5.41) is 13.5. The fraction of sp³-hybridized carbons (Fsp3) is 0.188. The van der Waals surface area contributed by atoms with Crippen molar-refractivity contribution in [3.05, 3.63) is 114 Å². The maximum absolute atomic E-state index is 11.7. The zero-order valence-electron chi connectivity index (χ0n) is 21.6. The van der Waals surface area contributed by atoms with Crippen LogP contribution in [0.4, 0.5) is 11.4 Å². The highest BCUT2D eigenvalue weighted by molar-refractivity contribution is 5.96. The summed E-state index contributed by atoms with van der Waals surface area (Å²) in [5.41, 5.74) is 6.88. The highest BCUT2D eigenvalue weighted by Gasteiger charge is 2.47. The first-order valence-corrected chi connectivity index (χ1v) is 13.0. The van der Waals surface area contributed by atoms with Gasteiger partial charge in [-0.25, -0.2) is 9.78 Å². The minimum Gasteiger partial charge on any atom is -0.478 e. The summed E-state index contributed by atoms with van der Waals surface area (Å²) in [4.78, 5) is 19.3. The van der Waals surface area contributed by atoms with Gasteiger partial charge in [0.05, 0.1) is 28.0 Å². The van der Waals surface area contributed by atoms with E-state index >= 15 is 0 Å². The number of nitrogens with one attached hydrogen (secondary N) is 1. The van der Waals surface area contributed by atoms with Crippen LogP contribution in [0.3, 0.4) is 0 Å². The van der Waals surface area contributed by atoms with Crippen molar-refractivity contribution in [2.75, 3.05) is 10.2 Å². The lowest BCUT2D eigenvalue weighted by molar-refractivity contribution is 0.0697. The molecule has 2 heterocycles. The van der Waals surface area contributed by atoms with Crippen molar-refractivity contribution in [1.29, 1.82) is 0 Å². The average molecular weight is 503 g/mol. The van der Waals surface area contributed by atoms with E-state index in [2.05, 4.69) is 83.4 Å². The van der Waals surface area contributed by atoms with Crippen molar-refractivity contribution in [2.45, 2.75) is 32.0 Å². The van der Waals surface area contributed by atoms with Crippen LogP contribution < -0.4 is 10.2 Å². The third-order valence-electron chi connectivity index (χ3n) is 7.53. The number of carboxylic acid groups (broad SMARTS) is 1. The number of aromatic nitrogens is 2. The van der Waals surface area contributed by atoms with Crippen LogP contribution in [0.1, 0.15) is 41.5 Å². The summed E-state index contributed by atoms with van der Waals surface area (Å²) in [6, 6.07) is 32.1. The van der Waals surface area contributed by atoms with Crippen molar-refractivity contribution in [3.8, 4) is 11.1 Å². The number of hydrogen-bond acceptors (Lipinski definition) is 4. The maximum Gasteiger partial charge on any atom is 0.336 e. The zero-order chi connectivity index (χ0) is 26.3. The van der Waals surface area contributed by atoms with Gasteiger partial charge in [-0.1, -0.05) is 80.1 Å². The monoisotopic (exact) mass is 502 g/mol. The van der Waals surface area contributed by atoms with Gasteiger partial charge in [-0.15, -0.1) is 0 Å². The number of benzene rings is 4. The number of hydrogen-bond donors (Lipinski definition) is 2. The van der Waals surface area contributed by atoms with Crippen molar-refractivity contribution in [2.24, 2.45) is 7.05 Å². The van der Waals surface area contributed by atoms with Crippen LogP contribution in [-0.2, 0) is 19.3 Å². The summed E-state index contributed by atoms with van der Waals surface area (Å²) in [5.74, 6) is 0.0694. The molecule has 1 unspecified atom stereocenters.